The van der Waals surface area contributed by atoms with Gasteiger partial charge in [-0.2, -0.15) is 0 Å². The van der Waals surface area contributed by atoms with E-state index in [2.05, 4.69) is 76.2 Å². The summed E-state index contributed by atoms with van der Waals surface area (Å²) in [6, 6.07) is 0. The van der Waals surface area contributed by atoms with E-state index in [1.54, 1.807) is 0 Å². The number of hydrogen-bond acceptors (Lipinski definition) is 0. The minimum Gasteiger partial charge on any atom is -0.0651 e. The van der Waals surface area contributed by atoms with Gasteiger partial charge in [0.2, 0.25) is 0 Å². The second-order valence-corrected chi connectivity index (χ2v) is 8.67. The molecule has 0 spiro atoms. The normalized spacial score (nSPS) is 15.3. The van der Waals surface area contributed by atoms with Crippen LogP contribution in [-0.4, -0.2) is 0 Å². The molecule has 0 saturated carbocycles. The Kier molecular flexibility index (Phi) is 11.9. The highest BCUT2D eigenvalue weighted by Crippen LogP contribution is 2.39. The van der Waals surface area contributed by atoms with E-state index in [1.807, 2.05) is 0 Å². The summed E-state index contributed by atoms with van der Waals surface area (Å²) in [5.74, 6) is 4.27. The van der Waals surface area contributed by atoms with E-state index in [-0.39, 0.29) is 0 Å². The van der Waals surface area contributed by atoms with E-state index in [0.717, 1.165) is 29.6 Å². The average Bonchev–Trinajstić information content (AvgIpc) is 2.27. The summed E-state index contributed by atoms with van der Waals surface area (Å²) in [7, 11) is 0. The Morgan fingerprint density at radius 2 is 1.10 bits per heavy atom. The third-order valence-corrected chi connectivity index (χ3v) is 4.76. The Bertz CT molecular complexity index is 205. The van der Waals surface area contributed by atoms with Crippen LogP contribution in [-0.2, 0) is 0 Å². The fraction of sp³-hybridized carbons (Fsp3) is 1.00. The maximum atomic E-state index is 2.39. The standard InChI is InChI=1S/C15H32.C5H12/c1-9-13(11(2)3)10-14(12(4)5)15(6,7)8;1-4-5(2)3/h11-14H,9-10H2,1-8H3;5H,4H2,1-3H3. The lowest BCUT2D eigenvalue weighted by Crippen LogP contribution is -2.29. The van der Waals surface area contributed by atoms with Crippen molar-refractivity contribution in [2.45, 2.75) is 95.4 Å². The van der Waals surface area contributed by atoms with Crippen LogP contribution >= 0.6 is 0 Å². The molecular formula is C20H44. The molecule has 0 aliphatic heterocycles. The molecule has 0 aliphatic carbocycles. The van der Waals surface area contributed by atoms with E-state index in [1.165, 1.54) is 19.3 Å². The molecule has 0 heteroatoms. The minimum atomic E-state index is 0.455. The first-order valence-corrected chi connectivity index (χ1v) is 8.97. The molecule has 0 radical (unpaired) electrons. The van der Waals surface area contributed by atoms with Crippen molar-refractivity contribution in [3.05, 3.63) is 0 Å². The third-order valence-electron chi connectivity index (χ3n) is 4.76. The monoisotopic (exact) mass is 284 g/mol. The Balaban J connectivity index is 0. The van der Waals surface area contributed by atoms with Crippen molar-refractivity contribution in [1.82, 2.24) is 0 Å². The third kappa shape index (κ3) is 10.7. The fourth-order valence-corrected chi connectivity index (χ4v) is 2.86. The van der Waals surface area contributed by atoms with Crippen molar-refractivity contribution >= 4 is 0 Å². The highest BCUT2D eigenvalue weighted by molar-refractivity contribution is 4.79. The Morgan fingerprint density at radius 3 is 1.25 bits per heavy atom. The molecule has 0 amide bonds. The van der Waals surface area contributed by atoms with Crippen molar-refractivity contribution in [2.24, 2.45) is 35.0 Å². The first-order valence-electron chi connectivity index (χ1n) is 8.97. The molecule has 0 rings (SSSR count). The smallest absolute Gasteiger partial charge is 0.0340 e. The van der Waals surface area contributed by atoms with Crippen LogP contribution in [0.2, 0.25) is 0 Å². The van der Waals surface area contributed by atoms with Crippen molar-refractivity contribution in [1.29, 1.82) is 0 Å². The predicted molar refractivity (Wildman–Crippen MR) is 96.1 cm³/mol. The van der Waals surface area contributed by atoms with Crippen molar-refractivity contribution in [3.63, 3.8) is 0 Å². The molecule has 124 valence electrons. The Labute approximate surface area is 131 Å². The topological polar surface area (TPSA) is 0 Å². The molecule has 0 saturated heterocycles. The van der Waals surface area contributed by atoms with E-state index in [9.17, 15) is 0 Å². The van der Waals surface area contributed by atoms with Crippen LogP contribution in [0, 0.1) is 35.0 Å². The van der Waals surface area contributed by atoms with Gasteiger partial charge >= 0.3 is 0 Å². The van der Waals surface area contributed by atoms with Crippen LogP contribution < -0.4 is 0 Å². The van der Waals surface area contributed by atoms with Gasteiger partial charge in [-0.15, -0.1) is 0 Å². The molecule has 0 heterocycles. The van der Waals surface area contributed by atoms with Gasteiger partial charge < -0.3 is 0 Å². The molecule has 0 aromatic heterocycles. The van der Waals surface area contributed by atoms with Gasteiger partial charge in [0.15, 0.2) is 0 Å². The van der Waals surface area contributed by atoms with Gasteiger partial charge in [-0.1, -0.05) is 89.0 Å². The minimum absolute atomic E-state index is 0.455. The molecule has 2 atom stereocenters. The maximum absolute atomic E-state index is 2.39. The van der Waals surface area contributed by atoms with Crippen LogP contribution in [0.25, 0.3) is 0 Å². The van der Waals surface area contributed by atoms with Gasteiger partial charge in [0.1, 0.15) is 0 Å². The van der Waals surface area contributed by atoms with E-state index in [0.29, 0.717) is 5.41 Å². The zero-order chi connectivity index (χ0) is 16.5. The lowest BCUT2D eigenvalue weighted by Gasteiger charge is -2.37. The van der Waals surface area contributed by atoms with Gasteiger partial charge in [0, 0.05) is 0 Å². The van der Waals surface area contributed by atoms with Crippen molar-refractivity contribution in [2.75, 3.05) is 0 Å². The first kappa shape index (κ1) is 22.3. The molecule has 0 aromatic rings. The van der Waals surface area contributed by atoms with Crippen LogP contribution in [0.3, 0.4) is 0 Å². The second-order valence-electron chi connectivity index (χ2n) is 8.67. The lowest BCUT2D eigenvalue weighted by atomic mass is 9.68. The number of hydrogen-bond donors (Lipinski definition) is 0. The summed E-state index contributed by atoms with van der Waals surface area (Å²) < 4.78 is 0. The summed E-state index contributed by atoms with van der Waals surface area (Å²) in [6.45, 7) is 25.7. The SMILES string of the molecule is CCC(C)C.CCC(CC(C(C)C)C(C)(C)C)C(C)C. The molecule has 0 N–H and O–H groups in total. The summed E-state index contributed by atoms with van der Waals surface area (Å²) in [5.41, 5.74) is 0.455. The maximum Gasteiger partial charge on any atom is -0.0340 e. The molecule has 0 bridgehead atoms. The second kappa shape index (κ2) is 10.7. The van der Waals surface area contributed by atoms with Gasteiger partial charge in [0.05, 0.1) is 0 Å². The molecule has 2 unspecified atom stereocenters. The summed E-state index contributed by atoms with van der Waals surface area (Å²) in [6.07, 6.45) is 4.03. The predicted octanol–water partition coefficient (Wildman–Crippen LogP) is 7.43. The molecule has 0 nitrogen and oxygen atoms in total. The first-order chi connectivity index (χ1) is 8.97. The molecular weight excluding hydrogens is 240 g/mol. The van der Waals surface area contributed by atoms with Gasteiger partial charge in [-0.25, -0.2) is 0 Å². The van der Waals surface area contributed by atoms with E-state index >= 15 is 0 Å². The van der Waals surface area contributed by atoms with Crippen molar-refractivity contribution in [3.8, 4) is 0 Å². The molecule has 20 heavy (non-hydrogen) atoms. The number of rotatable bonds is 6. The zero-order valence-electron chi connectivity index (χ0n) is 16.5. The van der Waals surface area contributed by atoms with Gasteiger partial charge in [-0.05, 0) is 41.4 Å². The van der Waals surface area contributed by atoms with Crippen LogP contribution in [0.1, 0.15) is 95.4 Å². The summed E-state index contributed by atoms with van der Waals surface area (Å²) in [4.78, 5) is 0. The quantitative estimate of drug-likeness (QED) is 0.475. The largest absolute Gasteiger partial charge is 0.0651 e. The highest BCUT2D eigenvalue weighted by atomic mass is 14.3. The van der Waals surface area contributed by atoms with E-state index in [4.69, 9.17) is 0 Å². The van der Waals surface area contributed by atoms with Crippen LogP contribution in [0.15, 0.2) is 0 Å². The highest BCUT2D eigenvalue weighted by Gasteiger charge is 2.30. The summed E-state index contributed by atoms with van der Waals surface area (Å²) in [5, 5.41) is 0. The average molecular weight is 285 g/mol. The lowest BCUT2D eigenvalue weighted by molar-refractivity contribution is 0.125. The Morgan fingerprint density at radius 1 is 0.700 bits per heavy atom. The molecule has 0 aromatic carbocycles. The molecule has 0 aliphatic rings. The molecule has 0 fully saturated rings. The fourth-order valence-electron chi connectivity index (χ4n) is 2.86. The van der Waals surface area contributed by atoms with Gasteiger partial charge in [-0.3, -0.25) is 0 Å². The van der Waals surface area contributed by atoms with E-state index < -0.39 is 0 Å². The Hall–Kier alpha value is 0. The van der Waals surface area contributed by atoms with Crippen LogP contribution in [0.5, 0.6) is 0 Å². The summed E-state index contributed by atoms with van der Waals surface area (Å²) >= 11 is 0. The zero-order valence-corrected chi connectivity index (χ0v) is 16.5. The van der Waals surface area contributed by atoms with Crippen molar-refractivity contribution < 1.29 is 0 Å². The van der Waals surface area contributed by atoms with Gasteiger partial charge in [0.25, 0.3) is 0 Å². The van der Waals surface area contributed by atoms with Crippen LogP contribution in [0.4, 0.5) is 0 Å².